The van der Waals surface area contributed by atoms with Crippen LogP contribution in [-0.2, 0) is 16.0 Å². The fourth-order valence-corrected chi connectivity index (χ4v) is 4.50. The number of nitrogens with zero attached hydrogens (tertiary/aromatic N) is 1. The molecule has 38 heavy (non-hydrogen) atoms. The Kier molecular flexibility index (Phi) is 8.36. The molecule has 7 nitrogen and oxygen atoms in total. The van der Waals surface area contributed by atoms with Gasteiger partial charge in [0.1, 0.15) is 23.0 Å². The molecule has 0 spiro atoms. The highest BCUT2D eigenvalue weighted by molar-refractivity contribution is 6.46. The molecule has 1 fully saturated rings. The molecular weight excluding hydrogens is 482 g/mol. The highest BCUT2D eigenvalue weighted by Gasteiger charge is 2.46. The van der Waals surface area contributed by atoms with Crippen molar-refractivity contribution in [2.75, 3.05) is 27.4 Å². The lowest BCUT2D eigenvalue weighted by atomic mass is 9.94. The van der Waals surface area contributed by atoms with Gasteiger partial charge in [-0.05, 0) is 60.4 Å². The SMILES string of the molecule is COc1ccc(CCN2C(=O)C(=O)/C(=C(\O)c3ccc(OCC(C)C)cc3)C2c2ccccc2OC)cc1. The molecule has 0 radical (unpaired) electrons. The van der Waals surface area contributed by atoms with Gasteiger partial charge in [0.2, 0.25) is 0 Å². The molecule has 0 aliphatic carbocycles. The van der Waals surface area contributed by atoms with E-state index < -0.39 is 17.7 Å². The fraction of sp³-hybridized carbons (Fsp3) is 0.290. The van der Waals surface area contributed by atoms with E-state index in [0.29, 0.717) is 41.6 Å². The van der Waals surface area contributed by atoms with E-state index in [-0.39, 0.29) is 17.9 Å². The second kappa shape index (κ2) is 11.9. The van der Waals surface area contributed by atoms with Crippen molar-refractivity contribution in [3.8, 4) is 17.2 Å². The van der Waals surface area contributed by atoms with Crippen molar-refractivity contribution in [2.45, 2.75) is 26.3 Å². The standard InChI is InChI=1S/C31H33NO6/c1-20(2)19-38-24-15-11-22(12-16-24)29(33)27-28(25-7-5-6-8-26(25)37-4)32(31(35)30(27)34)18-17-21-9-13-23(36-3)14-10-21/h5-16,20,28,33H,17-19H2,1-4H3/b29-27-. The molecule has 0 saturated carbocycles. The number of amides is 1. The van der Waals surface area contributed by atoms with Gasteiger partial charge in [-0.25, -0.2) is 0 Å². The van der Waals surface area contributed by atoms with Gasteiger partial charge in [-0.1, -0.05) is 44.2 Å². The molecule has 1 aliphatic rings. The monoisotopic (exact) mass is 515 g/mol. The number of benzene rings is 3. The van der Waals surface area contributed by atoms with Crippen molar-refractivity contribution >= 4 is 17.4 Å². The van der Waals surface area contributed by atoms with E-state index in [1.54, 1.807) is 37.4 Å². The summed E-state index contributed by atoms with van der Waals surface area (Å²) in [4.78, 5) is 28.2. The Labute approximate surface area is 223 Å². The number of likely N-dealkylation sites (tertiary alicyclic amines) is 1. The van der Waals surface area contributed by atoms with Crippen molar-refractivity contribution in [3.63, 3.8) is 0 Å². The lowest BCUT2D eigenvalue weighted by Crippen LogP contribution is -2.31. The number of para-hydroxylation sites is 1. The van der Waals surface area contributed by atoms with Gasteiger partial charge in [0.15, 0.2) is 0 Å². The number of hydrogen-bond acceptors (Lipinski definition) is 6. The number of ether oxygens (including phenoxy) is 3. The van der Waals surface area contributed by atoms with Crippen molar-refractivity contribution in [3.05, 3.63) is 95.1 Å². The van der Waals surface area contributed by atoms with Crippen molar-refractivity contribution in [1.29, 1.82) is 0 Å². The zero-order chi connectivity index (χ0) is 27.2. The molecule has 1 heterocycles. The first-order valence-corrected chi connectivity index (χ1v) is 12.6. The normalized spacial score (nSPS) is 16.7. The Morgan fingerprint density at radius 2 is 1.55 bits per heavy atom. The predicted octanol–water partition coefficient (Wildman–Crippen LogP) is 5.40. The third-order valence-electron chi connectivity index (χ3n) is 6.48. The van der Waals surface area contributed by atoms with Crippen LogP contribution in [0.4, 0.5) is 0 Å². The molecule has 1 aliphatic heterocycles. The molecule has 3 aromatic rings. The molecule has 0 bridgehead atoms. The third kappa shape index (κ3) is 5.67. The highest BCUT2D eigenvalue weighted by atomic mass is 16.5. The van der Waals surface area contributed by atoms with Crippen LogP contribution in [0.5, 0.6) is 17.2 Å². The third-order valence-corrected chi connectivity index (χ3v) is 6.48. The molecule has 1 amide bonds. The Morgan fingerprint density at radius 1 is 0.895 bits per heavy atom. The van der Waals surface area contributed by atoms with Crippen molar-refractivity contribution < 1.29 is 28.9 Å². The first-order chi connectivity index (χ1) is 18.3. The van der Waals surface area contributed by atoms with Crippen LogP contribution in [0.15, 0.2) is 78.4 Å². The molecular formula is C31H33NO6. The predicted molar refractivity (Wildman–Crippen MR) is 145 cm³/mol. The Morgan fingerprint density at radius 3 is 2.18 bits per heavy atom. The summed E-state index contributed by atoms with van der Waals surface area (Å²) in [7, 11) is 3.15. The van der Waals surface area contributed by atoms with E-state index in [9.17, 15) is 14.7 Å². The Hall–Kier alpha value is -4.26. The minimum absolute atomic E-state index is 0.0325. The van der Waals surface area contributed by atoms with Crippen LogP contribution in [0.25, 0.3) is 5.76 Å². The van der Waals surface area contributed by atoms with E-state index in [1.807, 2.05) is 42.5 Å². The quantitative estimate of drug-likeness (QED) is 0.221. The summed E-state index contributed by atoms with van der Waals surface area (Å²) >= 11 is 0. The zero-order valence-corrected chi connectivity index (χ0v) is 22.1. The van der Waals surface area contributed by atoms with Gasteiger partial charge in [0.05, 0.1) is 32.4 Å². The molecule has 1 atom stereocenters. The summed E-state index contributed by atoms with van der Waals surface area (Å²) in [6, 6.07) is 20.9. The van der Waals surface area contributed by atoms with E-state index in [4.69, 9.17) is 14.2 Å². The van der Waals surface area contributed by atoms with Gasteiger partial charge in [-0.15, -0.1) is 0 Å². The summed E-state index contributed by atoms with van der Waals surface area (Å²) in [6.45, 7) is 4.97. The number of ketones is 1. The van der Waals surface area contributed by atoms with Gasteiger partial charge in [0.25, 0.3) is 11.7 Å². The molecule has 3 aromatic carbocycles. The fourth-order valence-electron chi connectivity index (χ4n) is 4.50. The number of aliphatic hydroxyl groups is 1. The molecule has 198 valence electrons. The summed E-state index contributed by atoms with van der Waals surface area (Å²) in [5, 5.41) is 11.4. The van der Waals surface area contributed by atoms with Crippen LogP contribution in [0.2, 0.25) is 0 Å². The number of carbonyl (C=O) groups is 2. The summed E-state index contributed by atoms with van der Waals surface area (Å²) in [5.41, 5.74) is 2.07. The average Bonchev–Trinajstić information content (AvgIpc) is 3.19. The van der Waals surface area contributed by atoms with Gasteiger partial charge in [0, 0.05) is 17.7 Å². The largest absolute Gasteiger partial charge is 0.507 e. The molecule has 1 saturated heterocycles. The lowest BCUT2D eigenvalue weighted by molar-refractivity contribution is -0.139. The first kappa shape index (κ1) is 26.8. The van der Waals surface area contributed by atoms with Gasteiger partial charge in [-0.3, -0.25) is 9.59 Å². The maximum Gasteiger partial charge on any atom is 0.295 e. The minimum Gasteiger partial charge on any atom is -0.507 e. The van der Waals surface area contributed by atoms with E-state index in [2.05, 4.69) is 13.8 Å². The second-order valence-corrected chi connectivity index (χ2v) is 9.56. The van der Waals surface area contributed by atoms with E-state index in [0.717, 1.165) is 11.3 Å². The van der Waals surface area contributed by atoms with Gasteiger partial charge >= 0.3 is 0 Å². The molecule has 7 heteroatoms. The lowest BCUT2D eigenvalue weighted by Gasteiger charge is -2.26. The van der Waals surface area contributed by atoms with Crippen LogP contribution in [0.1, 0.15) is 36.6 Å². The average molecular weight is 516 g/mol. The molecule has 0 aromatic heterocycles. The van der Waals surface area contributed by atoms with Crippen molar-refractivity contribution in [1.82, 2.24) is 4.90 Å². The molecule has 1 unspecified atom stereocenters. The Balaban J connectivity index is 1.72. The number of Topliss-reactive ketones (excluding diaryl/α,β-unsaturated/α-hetero) is 1. The number of carbonyl (C=O) groups excluding carboxylic acids is 2. The van der Waals surface area contributed by atoms with E-state index >= 15 is 0 Å². The van der Waals surface area contributed by atoms with Crippen LogP contribution < -0.4 is 14.2 Å². The van der Waals surface area contributed by atoms with E-state index in [1.165, 1.54) is 12.0 Å². The van der Waals surface area contributed by atoms with Crippen molar-refractivity contribution in [2.24, 2.45) is 5.92 Å². The zero-order valence-electron chi connectivity index (χ0n) is 22.1. The highest BCUT2D eigenvalue weighted by Crippen LogP contribution is 2.42. The van der Waals surface area contributed by atoms with Crippen LogP contribution in [-0.4, -0.2) is 49.1 Å². The van der Waals surface area contributed by atoms with Gasteiger partial charge in [-0.2, -0.15) is 0 Å². The van der Waals surface area contributed by atoms with Crippen LogP contribution in [0.3, 0.4) is 0 Å². The Bertz CT molecular complexity index is 1310. The summed E-state index contributed by atoms with van der Waals surface area (Å²) < 4.78 is 16.5. The number of aliphatic hydroxyl groups excluding tert-OH is 1. The number of hydrogen-bond donors (Lipinski definition) is 1. The minimum atomic E-state index is -0.804. The summed E-state index contributed by atoms with van der Waals surface area (Å²) in [6.07, 6.45) is 0.518. The second-order valence-electron chi connectivity index (χ2n) is 9.56. The molecule has 1 N–H and O–H groups in total. The topological polar surface area (TPSA) is 85.3 Å². The van der Waals surface area contributed by atoms with Crippen LogP contribution in [0, 0.1) is 5.92 Å². The summed E-state index contributed by atoms with van der Waals surface area (Å²) in [5.74, 6) is 0.679. The smallest absolute Gasteiger partial charge is 0.295 e. The maximum absolute atomic E-state index is 13.4. The first-order valence-electron chi connectivity index (χ1n) is 12.6. The molecule has 4 rings (SSSR count). The maximum atomic E-state index is 13.4. The van der Waals surface area contributed by atoms with Gasteiger partial charge < -0.3 is 24.2 Å². The number of rotatable bonds is 10. The number of methoxy groups -OCH3 is 2. The van der Waals surface area contributed by atoms with Crippen LogP contribution >= 0.6 is 0 Å².